The number of aryl methyl sites for hydroxylation is 1. The Hall–Kier alpha value is -3.03. The van der Waals surface area contributed by atoms with Crippen molar-refractivity contribution in [2.24, 2.45) is 11.8 Å². The van der Waals surface area contributed by atoms with Gasteiger partial charge in [0, 0.05) is 31.3 Å². The van der Waals surface area contributed by atoms with Crippen LogP contribution in [0.5, 0.6) is 5.75 Å². The Bertz CT molecular complexity index is 1340. The van der Waals surface area contributed by atoms with Crippen LogP contribution in [0.3, 0.4) is 0 Å². The Morgan fingerprint density at radius 2 is 1.77 bits per heavy atom. The largest absolute Gasteiger partial charge is 0.496 e. The molecule has 1 heterocycles. The van der Waals surface area contributed by atoms with Crippen molar-refractivity contribution in [3.8, 4) is 16.2 Å². The number of ether oxygens (including phenoxy) is 1. The number of carbonyl (C=O) groups is 2. The molecule has 0 saturated heterocycles. The Balaban J connectivity index is 1.34. The zero-order valence-electron chi connectivity index (χ0n) is 23.8. The quantitative estimate of drug-likeness (QED) is 0.295. The number of rotatable bonds is 8. The normalized spacial score (nSPS) is 23.0. The molecule has 1 N–H and O–H groups in total. The van der Waals surface area contributed by atoms with Gasteiger partial charge in [-0.25, -0.2) is 4.98 Å². The molecule has 6 nitrogen and oxygen atoms in total. The van der Waals surface area contributed by atoms with Crippen LogP contribution in [0.4, 0.5) is 5.69 Å². The van der Waals surface area contributed by atoms with Gasteiger partial charge in [-0.05, 0) is 105 Å². The lowest BCUT2D eigenvalue weighted by Crippen LogP contribution is -2.41. The van der Waals surface area contributed by atoms with E-state index in [0.29, 0.717) is 36.2 Å². The highest BCUT2D eigenvalue weighted by atomic mass is 32.1. The minimum atomic E-state index is -0.292. The molecule has 0 unspecified atom stereocenters. The zero-order valence-corrected chi connectivity index (χ0v) is 24.6. The van der Waals surface area contributed by atoms with E-state index < -0.39 is 0 Å². The number of benzene rings is 2. The maximum atomic E-state index is 14.0. The van der Waals surface area contributed by atoms with Gasteiger partial charge >= 0.3 is 0 Å². The van der Waals surface area contributed by atoms with Crippen molar-refractivity contribution in [1.29, 1.82) is 0 Å². The number of ketones is 1. The van der Waals surface area contributed by atoms with Gasteiger partial charge in [-0.15, -0.1) is 11.3 Å². The van der Waals surface area contributed by atoms with Crippen LogP contribution in [-0.2, 0) is 4.79 Å². The van der Waals surface area contributed by atoms with E-state index in [-0.39, 0.29) is 23.7 Å². The summed E-state index contributed by atoms with van der Waals surface area (Å²) in [6.45, 7) is 4.34. The number of aromatic nitrogens is 1. The number of hydrogen-bond donors (Lipinski definition) is 1. The molecule has 1 aromatic heterocycles. The van der Waals surface area contributed by atoms with E-state index in [2.05, 4.69) is 36.2 Å². The first-order chi connectivity index (χ1) is 19.3. The molecule has 2 aliphatic rings. The fourth-order valence-electron chi connectivity index (χ4n) is 6.36. The number of Topliss-reactive ketones (excluding diaryl/α,β-unsaturated/α-hetero) is 1. The second-order valence-electron chi connectivity index (χ2n) is 11.5. The highest BCUT2D eigenvalue weighted by Crippen LogP contribution is 2.39. The van der Waals surface area contributed by atoms with Crippen molar-refractivity contribution in [3.63, 3.8) is 0 Å². The van der Waals surface area contributed by atoms with Crippen molar-refractivity contribution >= 4 is 28.7 Å². The van der Waals surface area contributed by atoms with Gasteiger partial charge in [0.15, 0.2) is 10.8 Å². The molecule has 0 atom stereocenters. The van der Waals surface area contributed by atoms with Gasteiger partial charge in [0.1, 0.15) is 5.75 Å². The predicted octanol–water partition coefficient (Wildman–Crippen LogP) is 7.19. The molecule has 40 heavy (non-hydrogen) atoms. The third-order valence-corrected chi connectivity index (χ3v) is 9.89. The Morgan fingerprint density at radius 3 is 2.42 bits per heavy atom. The van der Waals surface area contributed by atoms with E-state index in [1.807, 2.05) is 23.1 Å². The maximum Gasteiger partial charge on any atom is 0.230 e. The van der Waals surface area contributed by atoms with Crippen molar-refractivity contribution in [2.45, 2.75) is 77.2 Å². The Morgan fingerprint density at radius 1 is 1.02 bits per heavy atom. The molecule has 2 saturated carbocycles. The zero-order chi connectivity index (χ0) is 28.2. The third kappa shape index (κ3) is 6.47. The smallest absolute Gasteiger partial charge is 0.230 e. The molecule has 0 aliphatic heterocycles. The first-order valence-electron chi connectivity index (χ1n) is 14.5. The average molecular weight is 561 g/mol. The lowest BCUT2D eigenvalue weighted by Gasteiger charge is -2.36. The summed E-state index contributed by atoms with van der Waals surface area (Å²) >= 11 is 1.39. The molecule has 0 bridgehead atoms. The Kier molecular flexibility index (Phi) is 9.01. The van der Waals surface area contributed by atoms with Crippen molar-refractivity contribution in [2.75, 3.05) is 18.6 Å². The van der Waals surface area contributed by atoms with Gasteiger partial charge < -0.3 is 14.7 Å². The highest BCUT2D eigenvalue weighted by Gasteiger charge is 2.32. The fraction of sp³-hybridized carbons (Fsp3) is 0.485. The molecular formula is C33H40N2O4S. The standard InChI is InChI=1S/C33H40N2O4S/c1-21-17-26(13-16-30(21)39-3)24-9-7-23(8-10-24)20-35(33(38)25-11-14-29(37)15-12-25)28-6-4-5-27(18-28)31-19-34-32(40-31)22(2)36/h4-6,13,16-19,23-25,29,37H,7-12,14-15,20H2,1-3H3. The summed E-state index contributed by atoms with van der Waals surface area (Å²) in [4.78, 5) is 33.0. The summed E-state index contributed by atoms with van der Waals surface area (Å²) in [7, 11) is 1.71. The van der Waals surface area contributed by atoms with Crippen LogP contribution >= 0.6 is 11.3 Å². The number of hydrogen-bond acceptors (Lipinski definition) is 6. The van der Waals surface area contributed by atoms with Gasteiger partial charge in [0.2, 0.25) is 5.91 Å². The minimum Gasteiger partial charge on any atom is -0.496 e. The van der Waals surface area contributed by atoms with Gasteiger partial charge in [0.25, 0.3) is 0 Å². The van der Waals surface area contributed by atoms with Gasteiger partial charge in [-0.1, -0.05) is 24.3 Å². The summed E-state index contributed by atoms with van der Waals surface area (Å²) in [6.07, 6.45) is 8.69. The molecule has 2 fully saturated rings. The van der Waals surface area contributed by atoms with E-state index in [1.54, 1.807) is 13.3 Å². The summed E-state index contributed by atoms with van der Waals surface area (Å²) in [5, 5.41) is 10.5. The molecule has 212 valence electrons. The number of nitrogens with zero attached hydrogens (tertiary/aromatic N) is 2. The number of aliphatic hydroxyl groups excluding tert-OH is 1. The number of carbonyl (C=O) groups excluding carboxylic acids is 2. The van der Waals surface area contributed by atoms with Gasteiger partial charge in [-0.2, -0.15) is 0 Å². The maximum absolute atomic E-state index is 14.0. The summed E-state index contributed by atoms with van der Waals surface area (Å²) < 4.78 is 5.45. The molecule has 0 spiro atoms. The first kappa shape index (κ1) is 28.5. The lowest BCUT2D eigenvalue weighted by atomic mass is 9.78. The second kappa shape index (κ2) is 12.6. The van der Waals surface area contributed by atoms with Gasteiger partial charge in [0.05, 0.1) is 18.1 Å². The molecular weight excluding hydrogens is 520 g/mol. The first-order valence-corrected chi connectivity index (χ1v) is 15.3. The molecule has 7 heteroatoms. The lowest BCUT2D eigenvalue weighted by molar-refractivity contribution is -0.124. The molecule has 3 aromatic rings. The van der Waals surface area contributed by atoms with E-state index in [0.717, 1.165) is 60.4 Å². The van der Waals surface area contributed by atoms with Crippen molar-refractivity contribution < 1.29 is 19.4 Å². The van der Waals surface area contributed by atoms with Crippen molar-refractivity contribution in [3.05, 3.63) is 64.8 Å². The van der Waals surface area contributed by atoms with E-state index in [1.165, 1.54) is 29.4 Å². The van der Waals surface area contributed by atoms with Crippen LogP contribution in [0.15, 0.2) is 48.7 Å². The number of aliphatic hydroxyl groups is 1. The van der Waals surface area contributed by atoms with Crippen LogP contribution in [0.25, 0.3) is 10.4 Å². The van der Waals surface area contributed by atoms with Gasteiger partial charge in [-0.3, -0.25) is 9.59 Å². The third-order valence-electron chi connectivity index (χ3n) is 8.74. The number of methoxy groups -OCH3 is 1. The van der Waals surface area contributed by atoms with Crippen LogP contribution in [0, 0.1) is 18.8 Å². The number of amides is 1. The van der Waals surface area contributed by atoms with E-state index >= 15 is 0 Å². The number of anilines is 1. The minimum absolute atomic E-state index is 0.0379. The van der Waals surface area contributed by atoms with Crippen LogP contribution in [0.1, 0.15) is 85.1 Å². The highest BCUT2D eigenvalue weighted by molar-refractivity contribution is 7.17. The SMILES string of the molecule is COc1ccc(C2CCC(CN(C(=O)C3CCC(O)CC3)c3cccc(-c4cnc(C(C)=O)s4)c3)CC2)cc1C. The summed E-state index contributed by atoms with van der Waals surface area (Å²) in [6, 6.07) is 14.6. The molecule has 2 aliphatic carbocycles. The monoisotopic (exact) mass is 560 g/mol. The molecule has 2 aromatic carbocycles. The summed E-state index contributed by atoms with van der Waals surface area (Å²) in [5.41, 5.74) is 4.43. The summed E-state index contributed by atoms with van der Waals surface area (Å²) in [5.74, 6) is 1.98. The van der Waals surface area contributed by atoms with E-state index in [4.69, 9.17) is 4.74 Å². The average Bonchev–Trinajstić information content (AvgIpc) is 3.47. The number of thiazole rings is 1. The fourth-order valence-corrected chi connectivity index (χ4v) is 7.16. The second-order valence-corrected chi connectivity index (χ2v) is 12.6. The molecule has 0 radical (unpaired) electrons. The molecule has 1 amide bonds. The molecule has 5 rings (SSSR count). The predicted molar refractivity (Wildman–Crippen MR) is 160 cm³/mol. The topological polar surface area (TPSA) is 79.7 Å². The van der Waals surface area contributed by atoms with Crippen LogP contribution in [-0.4, -0.2) is 41.5 Å². The van der Waals surface area contributed by atoms with E-state index in [9.17, 15) is 14.7 Å². The Labute approximate surface area is 241 Å². The van der Waals surface area contributed by atoms with Crippen LogP contribution < -0.4 is 9.64 Å². The van der Waals surface area contributed by atoms with Crippen molar-refractivity contribution in [1.82, 2.24) is 4.98 Å². The van der Waals surface area contributed by atoms with Crippen LogP contribution in [0.2, 0.25) is 0 Å².